The predicted molar refractivity (Wildman–Crippen MR) is 74.7 cm³/mol. The first-order valence-corrected chi connectivity index (χ1v) is 6.65. The minimum absolute atomic E-state index is 0.120. The first kappa shape index (κ1) is 15.7. The Bertz CT molecular complexity index is 367. The van der Waals surface area contributed by atoms with Crippen molar-refractivity contribution in [3.63, 3.8) is 0 Å². The molecule has 0 saturated carbocycles. The van der Waals surface area contributed by atoms with Crippen LogP contribution in [-0.4, -0.2) is 31.3 Å². The third-order valence-electron chi connectivity index (χ3n) is 3.06. The van der Waals surface area contributed by atoms with Crippen LogP contribution in [-0.2, 0) is 9.53 Å². The lowest BCUT2D eigenvalue weighted by Crippen LogP contribution is -2.31. The lowest BCUT2D eigenvalue weighted by Gasteiger charge is -2.16. The lowest BCUT2D eigenvalue weighted by molar-refractivity contribution is -0.131. The lowest BCUT2D eigenvalue weighted by atomic mass is 10.1. The molecule has 0 aromatic heterocycles. The van der Waals surface area contributed by atoms with Crippen LogP contribution in [0, 0.1) is 5.92 Å². The molecule has 0 radical (unpaired) electrons. The summed E-state index contributed by atoms with van der Waals surface area (Å²) in [7, 11) is 1.53. The van der Waals surface area contributed by atoms with Gasteiger partial charge in [-0.25, -0.2) is 0 Å². The zero-order valence-corrected chi connectivity index (χ0v) is 11.6. The van der Waals surface area contributed by atoms with Gasteiger partial charge in [0.2, 0.25) is 0 Å². The summed E-state index contributed by atoms with van der Waals surface area (Å²) in [5, 5.41) is 11.8. The van der Waals surface area contributed by atoms with E-state index in [0.717, 1.165) is 18.4 Å². The number of carbonyl (C=O) groups excluding carboxylic acids is 1. The van der Waals surface area contributed by atoms with E-state index in [2.05, 4.69) is 5.32 Å². The quantitative estimate of drug-likeness (QED) is 0.706. The van der Waals surface area contributed by atoms with Crippen LogP contribution >= 0.6 is 0 Å². The van der Waals surface area contributed by atoms with E-state index < -0.39 is 6.10 Å². The maximum absolute atomic E-state index is 12.0. The predicted octanol–water partition coefficient (Wildman–Crippen LogP) is 1.90. The standard InChI is InChI=1S/C15H23NO3/c1-12(11-17)7-6-10-16-15(18)14(19-2)13-8-4-3-5-9-13/h3-5,8-9,12,14,17H,6-7,10-11H2,1-2H3,(H,16,18). The van der Waals surface area contributed by atoms with E-state index in [1.165, 1.54) is 7.11 Å². The summed E-state index contributed by atoms with van der Waals surface area (Å²) in [4.78, 5) is 12.0. The highest BCUT2D eigenvalue weighted by atomic mass is 16.5. The van der Waals surface area contributed by atoms with Crippen LogP contribution in [0.4, 0.5) is 0 Å². The number of ether oxygens (including phenoxy) is 1. The zero-order valence-electron chi connectivity index (χ0n) is 11.6. The molecule has 4 heteroatoms. The number of benzene rings is 1. The highest BCUT2D eigenvalue weighted by Crippen LogP contribution is 2.16. The highest BCUT2D eigenvalue weighted by molar-refractivity contribution is 5.82. The molecular weight excluding hydrogens is 242 g/mol. The smallest absolute Gasteiger partial charge is 0.253 e. The van der Waals surface area contributed by atoms with Gasteiger partial charge in [0, 0.05) is 20.3 Å². The maximum atomic E-state index is 12.0. The number of hydrogen-bond acceptors (Lipinski definition) is 3. The fraction of sp³-hybridized carbons (Fsp3) is 0.533. The molecule has 0 aliphatic heterocycles. The first-order valence-electron chi connectivity index (χ1n) is 6.65. The molecule has 0 aliphatic carbocycles. The summed E-state index contributed by atoms with van der Waals surface area (Å²) in [5.74, 6) is 0.162. The number of aliphatic hydroxyl groups is 1. The Morgan fingerprint density at radius 1 is 1.37 bits per heavy atom. The Labute approximate surface area is 114 Å². The second kappa shape index (κ2) is 8.67. The number of hydrogen-bond donors (Lipinski definition) is 2. The molecule has 0 saturated heterocycles. The second-order valence-corrected chi connectivity index (χ2v) is 4.75. The molecular formula is C15H23NO3. The fourth-order valence-electron chi connectivity index (χ4n) is 1.87. The minimum Gasteiger partial charge on any atom is -0.396 e. The van der Waals surface area contributed by atoms with Gasteiger partial charge in [-0.3, -0.25) is 4.79 Å². The molecule has 19 heavy (non-hydrogen) atoms. The van der Waals surface area contributed by atoms with Gasteiger partial charge >= 0.3 is 0 Å². The molecule has 0 bridgehead atoms. The monoisotopic (exact) mass is 265 g/mol. The molecule has 1 aromatic rings. The van der Waals surface area contributed by atoms with Gasteiger partial charge in [-0.2, -0.15) is 0 Å². The van der Waals surface area contributed by atoms with Gasteiger partial charge in [0.05, 0.1) is 0 Å². The molecule has 0 fully saturated rings. The Hall–Kier alpha value is -1.39. The van der Waals surface area contributed by atoms with Crippen LogP contribution in [0.15, 0.2) is 30.3 Å². The molecule has 1 aromatic carbocycles. The van der Waals surface area contributed by atoms with Gasteiger partial charge in [0.25, 0.3) is 5.91 Å². The molecule has 0 spiro atoms. The van der Waals surface area contributed by atoms with Gasteiger partial charge in [-0.1, -0.05) is 37.3 Å². The van der Waals surface area contributed by atoms with Crippen LogP contribution in [0.25, 0.3) is 0 Å². The van der Waals surface area contributed by atoms with Gasteiger partial charge in [0.1, 0.15) is 0 Å². The summed E-state index contributed by atoms with van der Waals surface area (Å²) < 4.78 is 5.25. The molecule has 0 aliphatic rings. The Kier molecular flexibility index (Phi) is 7.15. The van der Waals surface area contributed by atoms with Crippen molar-refractivity contribution >= 4 is 5.91 Å². The van der Waals surface area contributed by atoms with Crippen molar-refractivity contribution in [3.8, 4) is 0 Å². The second-order valence-electron chi connectivity index (χ2n) is 4.75. The van der Waals surface area contributed by atoms with Crippen molar-refractivity contribution in [2.75, 3.05) is 20.3 Å². The van der Waals surface area contributed by atoms with Crippen LogP contribution in [0.2, 0.25) is 0 Å². The van der Waals surface area contributed by atoms with E-state index in [-0.39, 0.29) is 18.4 Å². The third-order valence-corrected chi connectivity index (χ3v) is 3.06. The summed E-state index contributed by atoms with van der Waals surface area (Å²) in [5.41, 5.74) is 0.853. The number of aliphatic hydroxyl groups excluding tert-OH is 1. The Morgan fingerprint density at radius 2 is 2.05 bits per heavy atom. The van der Waals surface area contributed by atoms with Crippen LogP contribution in [0.3, 0.4) is 0 Å². The number of carbonyl (C=O) groups is 1. The van der Waals surface area contributed by atoms with Gasteiger partial charge in [0.15, 0.2) is 6.10 Å². The molecule has 2 unspecified atom stereocenters. The number of amides is 1. The zero-order chi connectivity index (χ0) is 14.1. The van der Waals surface area contributed by atoms with Crippen molar-refractivity contribution in [1.82, 2.24) is 5.32 Å². The first-order chi connectivity index (χ1) is 9.19. The van der Waals surface area contributed by atoms with E-state index in [1.807, 2.05) is 37.3 Å². The van der Waals surface area contributed by atoms with Crippen LogP contribution < -0.4 is 5.32 Å². The van der Waals surface area contributed by atoms with E-state index >= 15 is 0 Å². The summed E-state index contributed by atoms with van der Waals surface area (Å²) in [6, 6.07) is 9.43. The SMILES string of the molecule is COC(C(=O)NCCCC(C)CO)c1ccccc1. The van der Waals surface area contributed by atoms with Crippen molar-refractivity contribution in [2.24, 2.45) is 5.92 Å². The fourth-order valence-corrected chi connectivity index (χ4v) is 1.87. The number of nitrogens with one attached hydrogen (secondary N) is 1. The highest BCUT2D eigenvalue weighted by Gasteiger charge is 2.18. The van der Waals surface area contributed by atoms with Crippen molar-refractivity contribution in [1.29, 1.82) is 0 Å². The molecule has 2 N–H and O–H groups in total. The number of methoxy groups -OCH3 is 1. The largest absolute Gasteiger partial charge is 0.396 e. The molecule has 106 valence electrons. The van der Waals surface area contributed by atoms with Crippen molar-refractivity contribution in [2.45, 2.75) is 25.9 Å². The molecule has 4 nitrogen and oxygen atoms in total. The average Bonchev–Trinajstić information content (AvgIpc) is 2.45. The Morgan fingerprint density at radius 3 is 2.63 bits per heavy atom. The van der Waals surface area contributed by atoms with Gasteiger partial charge < -0.3 is 15.2 Å². The van der Waals surface area contributed by atoms with E-state index in [0.29, 0.717) is 6.54 Å². The molecule has 0 heterocycles. The van der Waals surface area contributed by atoms with E-state index in [9.17, 15) is 4.79 Å². The third kappa shape index (κ3) is 5.41. The van der Waals surface area contributed by atoms with Crippen LogP contribution in [0.1, 0.15) is 31.4 Å². The minimum atomic E-state index is -0.559. The molecule has 1 amide bonds. The maximum Gasteiger partial charge on any atom is 0.253 e. The van der Waals surface area contributed by atoms with Crippen molar-refractivity contribution < 1.29 is 14.6 Å². The van der Waals surface area contributed by atoms with Crippen LogP contribution in [0.5, 0.6) is 0 Å². The van der Waals surface area contributed by atoms with Gasteiger partial charge in [-0.15, -0.1) is 0 Å². The summed E-state index contributed by atoms with van der Waals surface area (Å²) in [6.07, 6.45) is 1.20. The summed E-state index contributed by atoms with van der Waals surface area (Å²) >= 11 is 0. The Balaban J connectivity index is 2.39. The normalized spacial score (nSPS) is 13.8. The van der Waals surface area contributed by atoms with E-state index in [4.69, 9.17) is 9.84 Å². The van der Waals surface area contributed by atoms with Crippen molar-refractivity contribution in [3.05, 3.63) is 35.9 Å². The average molecular weight is 265 g/mol. The molecule has 2 atom stereocenters. The molecule has 1 rings (SSSR count). The topological polar surface area (TPSA) is 58.6 Å². The summed E-state index contributed by atoms with van der Waals surface area (Å²) in [6.45, 7) is 2.79. The van der Waals surface area contributed by atoms with Gasteiger partial charge in [-0.05, 0) is 24.3 Å². The number of rotatable bonds is 8. The van der Waals surface area contributed by atoms with E-state index in [1.54, 1.807) is 0 Å².